The van der Waals surface area contributed by atoms with Crippen molar-refractivity contribution in [2.75, 3.05) is 26.2 Å². The summed E-state index contributed by atoms with van der Waals surface area (Å²) < 4.78 is 10.4. The summed E-state index contributed by atoms with van der Waals surface area (Å²) in [5.41, 5.74) is 0. The van der Waals surface area contributed by atoms with Crippen LogP contribution in [-0.4, -0.2) is 57.9 Å². The van der Waals surface area contributed by atoms with E-state index in [2.05, 4.69) is 10.1 Å². The highest BCUT2D eigenvalue weighted by molar-refractivity contribution is 7.13. The van der Waals surface area contributed by atoms with E-state index in [4.69, 9.17) is 8.94 Å². The lowest BCUT2D eigenvalue weighted by molar-refractivity contribution is -0.132. The van der Waals surface area contributed by atoms with Gasteiger partial charge in [0.15, 0.2) is 5.76 Å². The summed E-state index contributed by atoms with van der Waals surface area (Å²) in [7, 11) is 0. The van der Waals surface area contributed by atoms with Gasteiger partial charge < -0.3 is 18.7 Å². The monoisotopic (exact) mass is 386 g/mol. The van der Waals surface area contributed by atoms with Gasteiger partial charge in [-0.3, -0.25) is 9.59 Å². The standard InChI is InChI=1S/C18H18N4O4S/c23-16(6-5-15-19-17(20-26-15)14-4-2-12-27-14)21-7-9-22(10-8-21)18(24)13-3-1-11-25-13/h1-4,11-12H,5-10H2. The molecule has 0 atom stereocenters. The summed E-state index contributed by atoms with van der Waals surface area (Å²) in [5.74, 6) is 1.22. The van der Waals surface area contributed by atoms with E-state index in [1.54, 1.807) is 21.9 Å². The normalized spacial score (nSPS) is 14.5. The molecule has 1 aliphatic heterocycles. The van der Waals surface area contributed by atoms with Crippen molar-refractivity contribution < 1.29 is 18.5 Å². The first-order chi connectivity index (χ1) is 13.2. The average Bonchev–Trinajstić information content (AvgIpc) is 3.47. The summed E-state index contributed by atoms with van der Waals surface area (Å²) in [5, 5.41) is 5.90. The van der Waals surface area contributed by atoms with Crippen LogP contribution < -0.4 is 0 Å². The summed E-state index contributed by atoms with van der Waals surface area (Å²) >= 11 is 1.54. The predicted molar refractivity (Wildman–Crippen MR) is 97.1 cm³/mol. The lowest BCUT2D eigenvalue weighted by atomic mass is 10.2. The van der Waals surface area contributed by atoms with Crippen molar-refractivity contribution in [3.63, 3.8) is 0 Å². The second-order valence-electron chi connectivity index (χ2n) is 6.14. The Hall–Kier alpha value is -2.94. The zero-order valence-corrected chi connectivity index (χ0v) is 15.4. The van der Waals surface area contributed by atoms with Gasteiger partial charge in [-0.2, -0.15) is 4.98 Å². The minimum absolute atomic E-state index is 0.0240. The number of piperazine rings is 1. The maximum atomic E-state index is 12.4. The number of hydrogen-bond donors (Lipinski definition) is 0. The maximum Gasteiger partial charge on any atom is 0.289 e. The fourth-order valence-corrected chi connectivity index (χ4v) is 3.60. The molecule has 140 valence electrons. The van der Waals surface area contributed by atoms with E-state index in [-0.39, 0.29) is 11.8 Å². The van der Waals surface area contributed by atoms with Gasteiger partial charge in [0.25, 0.3) is 5.91 Å². The van der Waals surface area contributed by atoms with Crippen molar-refractivity contribution in [3.8, 4) is 10.7 Å². The van der Waals surface area contributed by atoms with Gasteiger partial charge in [0.05, 0.1) is 11.1 Å². The third kappa shape index (κ3) is 3.92. The zero-order chi connectivity index (χ0) is 18.6. The average molecular weight is 386 g/mol. The molecule has 8 nitrogen and oxygen atoms in total. The largest absolute Gasteiger partial charge is 0.459 e. The Labute approximate surface area is 159 Å². The van der Waals surface area contributed by atoms with Crippen molar-refractivity contribution in [2.24, 2.45) is 0 Å². The molecule has 3 aromatic heterocycles. The summed E-state index contributed by atoms with van der Waals surface area (Å²) in [4.78, 5) is 33.4. The van der Waals surface area contributed by atoms with E-state index >= 15 is 0 Å². The molecule has 0 spiro atoms. The Morgan fingerprint density at radius 3 is 2.63 bits per heavy atom. The van der Waals surface area contributed by atoms with Crippen LogP contribution in [0.4, 0.5) is 0 Å². The number of furan rings is 1. The maximum absolute atomic E-state index is 12.4. The third-order valence-electron chi connectivity index (χ3n) is 4.41. The first kappa shape index (κ1) is 17.5. The molecule has 3 aromatic rings. The van der Waals surface area contributed by atoms with Crippen LogP contribution >= 0.6 is 11.3 Å². The Bertz CT molecular complexity index is 896. The van der Waals surface area contributed by atoms with E-state index in [0.29, 0.717) is 56.5 Å². The molecule has 0 bridgehead atoms. The van der Waals surface area contributed by atoms with Crippen molar-refractivity contribution in [1.82, 2.24) is 19.9 Å². The SMILES string of the molecule is O=C(CCc1nc(-c2cccs2)no1)N1CCN(C(=O)c2ccco2)CC1. The van der Waals surface area contributed by atoms with Gasteiger partial charge in [-0.1, -0.05) is 11.2 Å². The first-order valence-electron chi connectivity index (χ1n) is 8.68. The van der Waals surface area contributed by atoms with Gasteiger partial charge in [-0.05, 0) is 23.6 Å². The van der Waals surface area contributed by atoms with Crippen LogP contribution in [-0.2, 0) is 11.2 Å². The van der Waals surface area contributed by atoms with Crippen molar-refractivity contribution in [3.05, 3.63) is 47.6 Å². The first-order valence-corrected chi connectivity index (χ1v) is 9.55. The highest BCUT2D eigenvalue weighted by Gasteiger charge is 2.26. The van der Waals surface area contributed by atoms with Crippen molar-refractivity contribution in [1.29, 1.82) is 0 Å². The third-order valence-corrected chi connectivity index (χ3v) is 5.28. The number of amides is 2. The quantitative estimate of drug-likeness (QED) is 0.668. The van der Waals surface area contributed by atoms with Crippen LogP contribution in [0.3, 0.4) is 0 Å². The Balaban J connectivity index is 1.26. The van der Waals surface area contributed by atoms with Gasteiger partial charge in [-0.15, -0.1) is 11.3 Å². The smallest absolute Gasteiger partial charge is 0.289 e. The van der Waals surface area contributed by atoms with Crippen LogP contribution in [0.25, 0.3) is 10.7 Å². The number of thiophene rings is 1. The topological polar surface area (TPSA) is 92.7 Å². The molecule has 4 rings (SSSR count). The molecule has 1 aliphatic rings. The molecule has 4 heterocycles. The van der Waals surface area contributed by atoms with Gasteiger partial charge in [0.1, 0.15) is 0 Å². The molecule has 0 aromatic carbocycles. The Morgan fingerprint density at radius 1 is 1.11 bits per heavy atom. The highest BCUT2D eigenvalue weighted by Crippen LogP contribution is 2.21. The summed E-state index contributed by atoms with van der Waals surface area (Å²) in [6, 6.07) is 7.19. The minimum atomic E-state index is -0.140. The van der Waals surface area contributed by atoms with Crippen LogP contribution in [0.1, 0.15) is 22.9 Å². The number of hydrogen-bond acceptors (Lipinski definition) is 7. The number of aryl methyl sites for hydroxylation is 1. The molecular weight excluding hydrogens is 368 g/mol. The van der Waals surface area contributed by atoms with Crippen molar-refractivity contribution >= 4 is 23.2 Å². The van der Waals surface area contributed by atoms with E-state index in [1.807, 2.05) is 17.5 Å². The molecule has 27 heavy (non-hydrogen) atoms. The van der Waals surface area contributed by atoms with Crippen LogP contribution in [0.15, 0.2) is 44.8 Å². The molecule has 0 radical (unpaired) electrons. The molecule has 2 amide bonds. The Kier molecular flexibility index (Phi) is 5.01. The predicted octanol–water partition coefficient (Wildman–Crippen LogP) is 2.31. The van der Waals surface area contributed by atoms with E-state index in [0.717, 1.165) is 4.88 Å². The lowest BCUT2D eigenvalue weighted by Gasteiger charge is -2.34. The van der Waals surface area contributed by atoms with Gasteiger partial charge in [0.2, 0.25) is 17.6 Å². The van der Waals surface area contributed by atoms with E-state index < -0.39 is 0 Å². The number of nitrogens with zero attached hydrogens (tertiary/aromatic N) is 4. The molecular formula is C18H18N4O4S. The number of rotatable bonds is 5. The fourth-order valence-electron chi connectivity index (χ4n) is 2.95. The minimum Gasteiger partial charge on any atom is -0.459 e. The number of aromatic nitrogens is 2. The second-order valence-corrected chi connectivity index (χ2v) is 7.09. The van der Waals surface area contributed by atoms with Gasteiger partial charge in [-0.25, -0.2) is 0 Å². The second kappa shape index (κ2) is 7.75. The van der Waals surface area contributed by atoms with Gasteiger partial charge >= 0.3 is 0 Å². The van der Waals surface area contributed by atoms with Crippen LogP contribution in [0.5, 0.6) is 0 Å². The summed E-state index contributed by atoms with van der Waals surface area (Å²) in [6.45, 7) is 2.01. The fraction of sp³-hybridized carbons (Fsp3) is 0.333. The molecule has 0 saturated carbocycles. The molecule has 1 fully saturated rings. The number of carbonyl (C=O) groups excluding carboxylic acids is 2. The molecule has 9 heteroatoms. The molecule has 1 saturated heterocycles. The van der Waals surface area contributed by atoms with E-state index in [1.165, 1.54) is 17.6 Å². The molecule has 0 unspecified atom stereocenters. The zero-order valence-electron chi connectivity index (χ0n) is 14.5. The van der Waals surface area contributed by atoms with Crippen LogP contribution in [0, 0.1) is 0 Å². The van der Waals surface area contributed by atoms with Gasteiger partial charge in [0, 0.05) is 39.0 Å². The van der Waals surface area contributed by atoms with Crippen LogP contribution in [0.2, 0.25) is 0 Å². The van der Waals surface area contributed by atoms with Crippen molar-refractivity contribution in [2.45, 2.75) is 12.8 Å². The molecule has 0 N–H and O–H groups in total. The summed E-state index contributed by atoms with van der Waals surface area (Å²) in [6.07, 6.45) is 2.19. The molecule has 0 aliphatic carbocycles. The Morgan fingerprint density at radius 2 is 1.93 bits per heavy atom. The highest BCUT2D eigenvalue weighted by atomic mass is 32.1. The lowest BCUT2D eigenvalue weighted by Crippen LogP contribution is -2.50. The van der Waals surface area contributed by atoms with E-state index in [9.17, 15) is 9.59 Å². The number of carbonyl (C=O) groups is 2.